The third-order valence-electron chi connectivity index (χ3n) is 2.20. The van der Waals surface area contributed by atoms with E-state index in [1.54, 1.807) is 0 Å². The number of hydrogen-bond acceptors (Lipinski definition) is 4. The van der Waals surface area contributed by atoms with Gasteiger partial charge in [-0.25, -0.2) is 4.79 Å². The first kappa shape index (κ1) is 12.7. The number of hydrogen-bond donors (Lipinski definition) is 3. The predicted octanol–water partition coefficient (Wildman–Crippen LogP) is -2.25. The smallest absolute Gasteiger partial charge is 0.329 e. The summed E-state index contributed by atoms with van der Waals surface area (Å²) >= 11 is 0. The van der Waals surface area contributed by atoms with E-state index in [-0.39, 0.29) is 5.56 Å². The van der Waals surface area contributed by atoms with E-state index >= 15 is 0 Å². The number of aryl methyl sites for hydroxylation is 1. The van der Waals surface area contributed by atoms with Gasteiger partial charge < -0.3 is 11.5 Å². The Morgan fingerprint density at radius 3 is 2.47 bits per heavy atom. The Hall–Kier alpha value is -2.38. The summed E-state index contributed by atoms with van der Waals surface area (Å²) in [6.45, 7) is 1.46. The average Bonchev–Trinajstić information content (AvgIpc) is 2.20. The summed E-state index contributed by atoms with van der Waals surface area (Å²) in [5, 5.41) is 0. The molecule has 1 aromatic rings. The third-order valence-corrected chi connectivity index (χ3v) is 2.20. The summed E-state index contributed by atoms with van der Waals surface area (Å²) in [7, 11) is 0. The van der Waals surface area contributed by atoms with Gasteiger partial charge in [-0.1, -0.05) is 0 Å². The molecule has 1 unspecified atom stereocenters. The largest absolute Gasteiger partial charge is 0.370 e. The van der Waals surface area contributed by atoms with Crippen LogP contribution in [0.2, 0.25) is 0 Å². The molecule has 0 aliphatic carbocycles. The molecule has 0 aliphatic heterocycles. The monoisotopic (exact) mass is 240 g/mol. The minimum Gasteiger partial charge on any atom is -0.370 e. The van der Waals surface area contributed by atoms with E-state index in [0.717, 1.165) is 4.57 Å². The van der Waals surface area contributed by atoms with Gasteiger partial charge in [-0.15, -0.1) is 0 Å². The van der Waals surface area contributed by atoms with Gasteiger partial charge in [0.25, 0.3) is 5.56 Å². The molecule has 0 aliphatic rings. The van der Waals surface area contributed by atoms with E-state index in [1.807, 2.05) is 4.98 Å². The number of carbonyl (C=O) groups excluding carboxylic acids is 2. The van der Waals surface area contributed by atoms with Crippen LogP contribution in [0.3, 0.4) is 0 Å². The van der Waals surface area contributed by atoms with Gasteiger partial charge >= 0.3 is 5.69 Å². The zero-order valence-electron chi connectivity index (χ0n) is 9.10. The highest BCUT2D eigenvalue weighted by Gasteiger charge is 2.21. The fourth-order valence-corrected chi connectivity index (χ4v) is 1.34. The molecule has 2 amide bonds. The van der Waals surface area contributed by atoms with Crippen molar-refractivity contribution >= 4 is 11.8 Å². The molecule has 5 N–H and O–H groups in total. The lowest BCUT2D eigenvalue weighted by molar-refractivity contribution is -0.126. The van der Waals surface area contributed by atoms with Crippen molar-refractivity contribution in [2.45, 2.75) is 19.4 Å². The average molecular weight is 240 g/mol. The standard InChI is InChI=1S/C9H12N4O4/c1-4-3-13(9(17)12-8(4)16)5(7(11)15)2-6(10)14/h3,5H,2H2,1H3,(H2,10,14)(H2,11,15)(H,12,16,17). The fraction of sp³-hybridized carbons (Fsp3) is 0.333. The van der Waals surface area contributed by atoms with E-state index in [1.165, 1.54) is 13.1 Å². The van der Waals surface area contributed by atoms with Gasteiger partial charge in [0, 0.05) is 11.8 Å². The first-order valence-corrected chi connectivity index (χ1v) is 4.72. The Balaban J connectivity index is 3.33. The lowest BCUT2D eigenvalue weighted by Crippen LogP contribution is -2.40. The predicted molar refractivity (Wildman–Crippen MR) is 58.1 cm³/mol. The molecule has 0 bridgehead atoms. The third kappa shape index (κ3) is 2.80. The molecule has 8 heteroatoms. The minimum atomic E-state index is -1.20. The molecule has 1 aromatic heterocycles. The number of aromatic amines is 1. The lowest BCUT2D eigenvalue weighted by Gasteiger charge is -2.14. The van der Waals surface area contributed by atoms with Crippen molar-refractivity contribution in [1.29, 1.82) is 0 Å². The Kier molecular flexibility index (Phi) is 3.46. The lowest BCUT2D eigenvalue weighted by atomic mass is 10.2. The van der Waals surface area contributed by atoms with Crippen LogP contribution in [-0.2, 0) is 9.59 Å². The van der Waals surface area contributed by atoms with Crippen molar-refractivity contribution in [3.8, 4) is 0 Å². The normalized spacial score (nSPS) is 12.1. The van der Waals surface area contributed by atoms with Gasteiger partial charge in [-0.05, 0) is 6.92 Å². The molecule has 1 heterocycles. The van der Waals surface area contributed by atoms with Crippen LogP contribution in [0.1, 0.15) is 18.0 Å². The fourth-order valence-electron chi connectivity index (χ4n) is 1.34. The number of rotatable bonds is 4. The van der Waals surface area contributed by atoms with Gasteiger partial charge in [-0.2, -0.15) is 0 Å². The first-order chi connectivity index (χ1) is 7.82. The molecule has 0 saturated heterocycles. The first-order valence-electron chi connectivity index (χ1n) is 4.72. The van der Waals surface area contributed by atoms with Crippen molar-refractivity contribution in [1.82, 2.24) is 9.55 Å². The molecule has 1 rings (SSSR count). The quantitative estimate of drug-likeness (QED) is 0.546. The second-order valence-electron chi connectivity index (χ2n) is 3.57. The van der Waals surface area contributed by atoms with Gasteiger partial charge in [0.1, 0.15) is 6.04 Å². The van der Waals surface area contributed by atoms with Gasteiger partial charge in [0.2, 0.25) is 11.8 Å². The Morgan fingerprint density at radius 1 is 1.41 bits per heavy atom. The van der Waals surface area contributed by atoms with E-state index < -0.39 is 35.5 Å². The van der Waals surface area contributed by atoms with Crippen LogP contribution in [0.25, 0.3) is 0 Å². The molecule has 92 valence electrons. The summed E-state index contributed by atoms with van der Waals surface area (Å²) < 4.78 is 0.893. The van der Waals surface area contributed by atoms with E-state index in [2.05, 4.69) is 0 Å². The zero-order chi connectivity index (χ0) is 13.2. The number of amides is 2. The summed E-state index contributed by atoms with van der Waals surface area (Å²) in [5.41, 5.74) is 8.87. The van der Waals surface area contributed by atoms with Crippen molar-refractivity contribution in [3.05, 3.63) is 32.6 Å². The Morgan fingerprint density at radius 2 is 2.00 bits per heavy atom. The number of carbonyl (C=O) groups is 2. The van der Waals surface area contributed by atoms with Gasteiger partial charge in [0.05, 0.1) is 6.42 Å². The van der Waals surface area contributed by atoms with Crippen LogP contribution >= 0.6 is 0 Å². The number of aromatic nitrogens is 2. The number of nitrogens with two attached hydrogens (primary N) is 2. The molecule has 17 heavy (non-hydrogen) atoms. The SMILES string of the molecule is Cc1cn(C(CC(N)=O)C(N)=O)c(=O)[nH]c1=O. The number of H-pyrrole nitrogens is 1. The minimum absolute atomic E-state index is 0.223. The second kappa shape index (κ2) is 4.64. The van der Waals surface area contributed by atoms with Crippen LogP contribution in [0.4, 0.5) is 0 Å². The molecule has 0 saturated carbocycles. The van der Waals surface area contributed by atoms with Crippen LogP contribution in [0.5, 0.6) is 0 Å². The van der Waals surface area contributed by atoms with Crippen LogP contribution < -0.4 is 22.7 Å². The highest BCUT2D eigenvalue weighted by Crippen LogP contribution is 2.07. The summed E-state index contributed by atoms with van der Waals surface area (Å²) in [4.78, 5) is 46.5. The maximum Gasteiger partial charge on any atom is 0.329 e. The zero-order valence-corrected chi connectivity index (χ0v) is 9.10. The highest BCUT2D eigenvalue weighted by molar-refractivity contribution is 5.85. The van der Waals surface area contributed by atoms with E-state index in [9.17, 15) is 19.2 Å². The number of nitrogens with zero attached hydrogens (tertiary/aromatic N) is 1. The van der Waals surface area contributed by atoms with Crippen molar-refractivity contribution in [2.75, 3.05) is 0 Å². The van der Waals surface area contributed by atoms with E-state index in [0.29, 0.717) is 0 Å². The summed E-state index contributed by atoms with van der Waals surface area (Å²) in [5.74, 6) is -1.65. The molecule has 0 aromatic carbocycles. The highest BCUT2D eigenvalue weighted by atomic mass is 16.2. The molecule has 0 spiro atoms. The second-order valence-corrected chi connectivity index (χ2v) is 3.57. The van der Waals surface area contributed by atoms with Crippen LogP contribution in [0.15, 0.2) is 15.8 Å². The Bertz CT molecular complexity index is 571. The number of primary amides is 2. The molecular formula is C9H12N4O4. The van der Waals surface area contributed by atoms with Crippen molar-refractivity contribution < 1.29 is 9.59 Å². The van der Waals surface area contributed by atoms with Crippen molar-refractivity contribution in [3.63, 3.8) is 0 Å². The van der Waals surface area contributed by atoms with Crippen LogP contribution in [-0.4, -0.2) is 21.4 Å². The number of nitrogens with one attached hydrogen (secondary N) is 1. The van der Waals surface area contributed by atoms with Gasteiger partial charge in [-0.3, -0.25) is 23.9 Å². The topological polar surface area (TPSA) is 141 Å². The maximum atomic E-state index is 11.5. The van der Waals surface area contributed by atoms with Gasteiger partial charge in [0.15, 0.2) is 0 Å². The molecular weight excluding hydrogens is 228 g/mol. The van der Waals surface area contributed by atoms with Crippen molar-refractivity contribution in [2.24, 2.45) is 11.5 Å². The van der Waals surface area contributed by atoms with Crippen LogP contribution in [0, 0.1) is 6.92 Å². The maximum absolute atomic E-state index is 11.5. The molecule has 1 atom stereocenters. The van der Waals surface area contributed by atoms with E-state index in [4.69, 9.17) is 11.5 Å². The molecule has 0 radical (unpaired) electrons. The molecule has 8 nitrogen and oxygen atoms in total. The summed E-state index contributed by atoms with van der Waals surface area (Å²) in [6, 6.07) is -1.20. The summed E-state index contributed by atoms with van der Waals surface area (Å²) in [6.07, 6.45) is 0.764. The Labute approximate surface area is 95.2 Å². The molecule has 0 fully saturated rings.